The standard InChI is InChI=1S/C84H110ClF3N12O11S4/c1-57(60-13-15-62(16-14-60)77-58(2)89-56-113-77)90-80(105)73-48-68(101)52-100(73)81(106)78(82(3,4)5)92-75(102)47-59-28-33-95(34-29-59)53-76(103)99-42-38-97(39-43-99)55-83(6)31-27-71(61-17-21-65(85)22-18-61)64(50-83)51-96-36-40-98(41-37-96)67-23-19-63(20-24-67)79(104)93-115(109,110)70-25-26-72(74(49-70)114(107,108)84(86,87)88)91-66(54-112-69-11-8-7-9-12-69)30-35-94-32-10-45-111-46-44-94/h7-9,11-26,49,56-57,59,66,68,73,75,78,91-92,101-102H,10,27-48,50-55H2,1-6H3,(H,90,105)(H,93,104)/t57-,66+,68+,73-,75?,78+,83+/m0/s1. The number of benzene rings is 5. The van der Waals surface area contributed by atoms with Crippen LogP contribution in [0.25, 0.3) is 16.0 Å². The van der Waals surface area contributed by atoms with E-state index < -0.39 is 82.6 Å². The first-order valence-electron chi connectivity index (χ1n) is 40.0. The number of thiazole rings is 1. The van der Waals surface area contributed by atoms with Crippen LogP contribution in [0.3, 0.4) is 0 Å². The van der Waals surface area contributed by atoms with Gasteiger partial charge in [0.05, 0.1) is 58.0 Å². The molecule has 1 unspecified atom stereocenters. The maximum atomic E-state index is 14.5. The average molecular weight is 1680 g/mol. The van der Waals surface area contributed by atoms with Gasteiger partial charge in [-0.2, -0.15) is 13.2 Å². The molecule has 5 aromatic carbocycles. The molecule has 0 spiro atoms. The Kier molecular flexibility index (Phi) is 29.1. The van der Waals surface area contributed by atoms with E-state index in [0.29, 0.717) is 102 Å². The number of aliphatic hydroxyl groups excluding tert-OH is 2. The summed E-state index contributed by atoms with van der Waals surface area (Å²) >= 11 is 9.43. The van der Waals surface area contributed by atoms with Crippen LogP contribution in [-0.2, 0) is 39.0 Å². The predicted molar refractivity (Wildman–Crippen MR) is 445 cm³/mol. The predicted octanol–water partition coefficient (Wildman–Crippen LogP) is 11.0. The topological polar surface area (TPSA) is 270 Å². The number of nitrogens with zero attached hydrogens (tertiary/aromatic N) is 8. The van der Waals surface area contributed by atoms with Gasteiger partial charge in [0.15, 0.2) is 0 Å². The molecule has 0 saturated carbocycles. The van der Waals surface area contributed by atoms with Gasteiger partial charge in [0.2, 0.25) is 17.7 Å². The van der Waals surface area contributed by atoms with Gasteiger partial charge in [-0.15, -0.1) is 23.1 Å². The van der Waals surface area contributed by atoms with Crippen LogP contribution in [-0.4, -0.2) is 251 Å². The summed E-state index contributed by atoms with van der Waals surface area (Å²) in [5, 5.41) is 32.5. The second kappa shape index (κ2) is 38.3. The molecule has 5 saturated heterocycles. The van der Waals surface area contributed by atoms with E-state index in [1.807, 2.05) is 116 Å². The lowest BCUT2D eigenvalue weighted by Crippen LogP contribution is -2.58. The summed E-state index contributed by atoms with van der Waals surface area (Å²) in [6, 6.07) is 31.6. The maximum Gasteiger partial charge on any atom is 0.501 e. The Morgan fingerprint density at radius 1 is 0.800 bits per heavy atom. The number of amides is 4. The van der Waals surface area contributed by atoms with Crippen molar-refractivity contribution < 1.29 is 64.1 Å². The monoisotopic (exact) mass is 1680 g/mol. The molecular formula is C84H110ClF3N12O11S4. The SMILES string of the molecule is Cc1ncsc1-c1ccc([C@H](C)NC(=O)[C@@H]2C[C@@H](O)CN2C(=O)[C@@H](NC(O)CC2CCN(CC(=O)N3CCN(C[C@]4(C)CCC(c5ccc(Cl)cc5)=C(CN5CCN(c6ccc(C(=O)NS(=O)(=O)c7ccc(N[C@H](CCN8CCCOCC8)CSc8ccccc8)c(S(=O)(=O)C(F)(F)F)c7)cc6)CC5)C4)CC3)CC2)C(C)(C)C)cc1. The number of β-amino-alcohol motifs (C(OH)–C–C–N with tert-alkyl or cyclic N) is 1. The molecule has 6 aliphatic rings. The third-order valence-electron chi connectivity index (χ3n) is 23.3. The number of aliphatic hydroxyl groups is 2. The Hall–Kier alpha value is -7.04. The molecule has 31 heteroatoms. The Balaban J connectivity index is 0.594. The van der Waals surface area contributed by atoms with E-state index in [1.165, 1.54) is 39.9 Å². The summed E-state index contributed by atoms with van der Waals surface area (Å²) in [6.45, 7) is 24.1. The molecule has 6 N–H and O–H groups in total. The number of nitrogens with one attached hydrogen (secondary N) is 4. The Morgan fingerprint density at radius 2 is 1.49 bits per heavy atom. The molecule has 115 heavy (non-hydrogen) atoms. The molecule has 1 aliphatic carbocycles. The van der Waals surface area contributed by atoms with Gasteiger partial charge in [-0.25, -0.2) is 26.5 Å². The van der Waals surface area contributed by atoms with Gasteiger partial charge < -0.3 is 45.2 Å². The summed E-state index contributed by atoms with van der Waals surface area (Å²) < 4.78 is 105. The number of hydrogen-bond acceptors (Lipinski definition) is 21. The van der Waals surface area contributed by atoms with E-state index in [2.05, 4.69) is 64.5 Å². The van der Waals surface area contributed by atoms with E-state index in [-0.39, 0.29) is 53.6 Å². The maximum absolute atomic E-state index is 14.5. The van der Waals surface area contributed by atoms with Gasteiger partial charge in [-0.3, -0.25) is 39.2 Å². The Bertz CT molecular complexity index is 4570. The van der Waals surface area contributed by atoms with Crippen molar-refractivity contribution >= 4 is 95.1 Å². The molecule has 0 radical (unpaired) electrons. The number of piperazine rings is 2. The number of alkyl halides is 3. The summed E-state index contributed by atoms with van der Waals surface area (Å²) in [5.41, 5.74) is 2.47. The van der Waals surface area contributed by atoms with Crippen LogP contribution in [0.15, 0.2) is 147 Å². The second-order valence-corrected chi connectivity index (χ2v) is 39.1. The first kappa shape index (κ1) is 87.3. The van der Waals surface area contributed by atoms with Crippen LogP contribution < -0.4 is 25.6 Å². The summed E-state index contributed by atoms with van der Waals surface area (Å²) in [7, 11) is -11.0. The van der Waals surface area contributed by atoms with Gasteiger partial charge in [0, 0.05) is 138 Å². The molecule has 5 aliphatic heterocycles. The number of anilines is 2. The van der Waals surface area contributed by atoms with Crippen molar-refractivity contribution in [1.82, 2.24) is 49.7 Å². The van der Waals surface area contributed by atoms with E-state index in [1.54, 1.807) is 23.5 Å². The van der Waals surface area contributed by atoms with Crippen LogP contribution in [0.2, 0.25) is 5.02 Å². The number of ether oxygens (including phenoxy) is 1. The highest BCUT2D eigenvalue weighted by Gasteiger charge is 2.49. The van der Waals surface area contributed by atoms with Crippen LogP contribution in [0, 0.1) is 23.7 Å². The summed E-state index contributed by atoms with van der Waals surface area (Å²) in [6.07, 6.45) is 4.20. The van der Waals surface area contributed by atoms with Crippen molar-refractivity contribution in [2.75, 3.05) is 140 Å². The smallest absolute Gasteiger partial charge is 0.391 e. The van der Waals surface area contributed by atoms with Crippen molar-refractivity contribution in [2.24, 2.45) is 16.7 Å². The lowest BCUT2D eigenvalue weighted by molar-refractivity contribution is -0.143. The van der Waals surface area contributed by atoms with Crippen molar-refractivity contribution in [3.63, 3.8) is 0 Å². The molecular weight excluding hydrogens is 1570 g/mol. The number of sulfonamides is 1. The molecule has 6 aromatic rings. The zero-order chi connectivity index (χ0) is 82.0. The number of piperidine rings is 1. The zero-order valence-electron chi connectivity index (χ0n) is 66.5. The fourth-order valence-electron chi connectivity index (χ4n) is 16.7. The number of hydrogen-bond donors (Lipinski definition) is 6. The number of carbonyl (C=O) groups is 4. The third-order valence-corrected chi connectivity index (χ3v) is 28.6. The number of thioether (sulfide) groups is 1. The minimum absolute atomic E-state index is 0.00722. The highest BCUT2D eigenvalue weighted by Crippen LogP contribution is 2.45. The van der Waals surface area contributed by atoms with E-state index in [0.717, 1.165) is 134 Å². The third kappa shape index (κ3) is 22.9. The van der Waals surface area contributed by atoms with Crippen molar-refractivity contribution in [3.05, 3.63) is 160 Å². The molecule has 7 atom stereocenters. The highest BCUT2D eigenvalue weighted by molar-refractivity contribution is 7.99. The van der Waals surface area contributed by atoms with Crippen LogP contribution in [0.4, 0.5) is 24.5 Å². The van der Waals surface area contributed by atoms with Gasteiger partial charge in [-0.1, -0.05) is 99.5 Å². The summed E-state index contributed by atoms with van der Waals surface area (Å²) in [5.74, 6) is -1.14. The number of sulfone groups is 1. The Morgan fingerprint density at radius 3 is 2.16 bits per heavy atom. The molecule has 12 rings (SSSR count). The quantitative estimate of drug-likeness (QED) is 0.0188. The highest BCUT2D eigenvalue weighted by atomic mass is 35.5. The number of rotatable bonds is 29. The molecule has 5 fully saturated rings. The lowest BCUT2D eigenvalue weighted by Gasteiger charge is -2.44. The molecule has 0 bridgehead atoms. The van der Waals surface area contributed by atoms with Crippen molar-refractivity contribution in [2.45, 2.75) is 156 Å². The first-order chi connectivity index (χ1) is 54.7. The van der Waals surface area contributed by atoms with Gasteiger partial charge in [-0.05, 0) is 184 Å². The first-order valence-corrected chi connectivity index (χ1v) is 45.2. The van der Waals surface area contributed by atoms with E-state index in [9.17, 15) is 59.4 Å². The Labute approximate surface area is 688 Å². The fourth-order valence-corrected chi connectivity index (χ4v) is 20.7. The second-order valence-electron chi connectivity index (χ2n) is 33.1. The average Bonchev–Trinajstić information content (AvgIpc) is 1.38. The number of carbonyl (C=O) groups excluding carboxylic acids is 4. The number of aryl methyl sites for hydroxylation is 1. The van der Waals surface area contributed by atoms with Crippen LogP contribution >= 0.6 is 34.7 Å². The molecule has 23 nitrogen and oxygen atoms in total. The summed E-state index contributed by atoms with van der Waals surface area (Å²) in [4.78, 5) is 75.3. The number of likely N-dealkylation sites (tertiary alicyclic amines) is 2. The van der Waals surface area contributed by atoms with Crippen molar-refractivity contribution in [3.8, 4) is 10.4 Å². The fraction of sp³-hybridized carbons (Fsp3) is 0.536. The number of aromatic nitrogens is 1. The molecule has 1 aromatic heterocycles. The largest absolute Gasteiger partial charge is 0.501 e. The van der Waals surface area contributed by atoms with Crippen LogP contribution in [0.1, 0.15) is 126 Å². The van der Waals surface area contributed by atoms with Crippen molar-refractivity contribution in [1.29, 1.82) is 0 Å². The zero-order valence-corrected chi connectivity index (χ0v) is 70.5. The van der Waals surface area contributed by atoms with Gasteiger partial charge >= 0.3 is 5.51 Å². The van der Waals surface area contributed by atoms with E-state index in [4.69, 9.17) is 16.3 Å². The minimum atomic E-state index is -6.12. The number of allylic oxidation sites excluding steroid dienone is 1. The molecule has 6 heterocycles. The van der Waals surface area contributed by atoms with E-state index >= 15 is 0 Å². The normalized spacial score (nSPS) is 21.5. The van der Waals surface area contributed by atoms with Crippen LogP contribution in [0.5, 0.6) is 0 Å². The van der Waals surface area contributed by atoms with Gasteiger partial charge in [0.1, 0.15) is 17.2 Å². The number of halogens is 4. The molecule has 624 valence electrons. The minimum Gasteiger partial charge on any atom is -0.391 e. The molecule has 4 amide bonds. The lowest BCUT2D eigenvalue weighted by atomic mass is 9.71. The van der Waals surface area contributed by atoms with Gasteiger partial charge in [0.25, 0.3) is 25.8 Å².